The summed E-state index contributed by atoms with van der Waals surface area (Å²) < 4.78 is 11.4. The van der Waals surface area contributed by atoms with Crippen LogP contribution in [0.15, 0.2) is 36.4 Å². The molecule has 1 aromatic carbocycles. The average Bonchev–Trinajstić information content (AvgIpc) is 3.23. The Morgan fingerprint density at radius 2 is 1.69 bits per heavy atom. The average molecular weight is 351 g/mol. The smallest absolute Gasteiger partial charge is 0.262 e. The number of carbonyl (C=O) groups excluding carboxylic acids is 2. The first-order valence-electron chi connectivity index (χ1n) is 9.02. The highest BCUT2D eigenvalue weighted by Gasteiger charge is 2.41. The second-order valence-electron chi connectivity index (χ2n) is 6.90. The van der Waals surface area contributed by atoms with E-state index in [9.17, 15) is 9.59 Å². The summed E-state index contributed by atoms with van der Waals surface area (Å²) in [5.74, 6) is 5.24. The molecule has 5 heteroatoms. The molecule has 5 nitrogen and oxygen atoms in total. The van der Waals surface area contributed by atoms with Crippen molar-refractivity contribution in [1.82, 2.24) is 4.90 Å². The van der Waals surface area contributed by atoms with Crippen LogP contribution in [0.5, 0.6) is 0 Å². The quantitative estimate of drug-likeness (QED) is 0.467. The maximum atomic E-state index is 12.4. The van der Waals surface area contributed by atoms with Gasteiger partial charge < -0.3 is 9.47 Å². The lowest BCUT2D eigenvalue weighted by molar-refractivity contribution is -0.129. The highest BCUT2D eigenvalue weighted by Crippen LogP contribution is 2.41. The van der Waals surface area contributed by atoms with E-state index in [1.54, 1.807) is 24.3 Å². The van der Waals surface area contributed by atoms with Gasteiger partial charge in [0.2, 0.25) is 0 Å². The number of imide groups is 1. The number of rotatable bonds is 2. The molecule has 1 saturated heterocycles. The first-order valence-corrected chi connectivity index (χ1v) is 9.02. The van der Waals surface area contributed by atoms with Crippen LogP contribution in [0.3, 0.4) is 0 Å². The summed E-state index contributed by atoms with van der Waals surface area (Å²) in [6, 6.07) is 6.89. The lowest BCUT2D eigenvalue weighted by Gasteiger charge is -2.35. The van der Waals surface area contributed by atoms with Crippen LogP contribution < -0.4 is 0 Å². The number of ether oxygens (including phenoxy) is 2. The largest absolute Gasteiger partial charge is 0.344 e. The fourth-order valence-corrected chi connectivity index (χ4v) is 3.73. The molecular formula is C21H21NO4. The third-order valence-electron chi connectivity index (χ3n) is 5.44. The van der Waals surface area contributed by atoms with Crippen molar-refractivity contribution >= 4 is 11.8 Å². The van der Waals surface area contributed by atoms with Crippen LogP contribution in [0.4, 0.5) is 0 Å². The Labute approximate surface area is 153 Å². The summed E-state index contributed by atoms with van der Waals surface area (Å²) in [5, 5.41) is 0. The van der Waals surface area contributed by atoms with Crippen LogP contribution in [0.1, 0.15) is 46.9 Å². The topological polar surface area (TPSA) is 55.8 Å². The third kappa shape index (κ3) is 2.76. The zero-order chi connectivity index (χ0) is 18.2. The minimum absolute atomic E-state index is 0.111. The molecule has 0 bridgehead atoms. The number of benzene rings is 1. The first-order chi connectivity index (χ1) is 12.6. The van der Waals surface area contributed by atoms with Gasteiger partial charge in [0.15, 0.2) is 5.79 Å². The van der Waals surface area contributed by atoms with Gasteiger partial charge in [-0.3, -0.25) is 14.5 Å². The monoisotopic (exact) mass is 351 g/mol. The molecule has 26 heavy (non-hydrogen) atoms. The molecule has 0 saturated carbocycles. The molecule has 2 heterocycles. The normalized spacial score (nSPS) is 26.1. The van der Waals surface area contributed by atoms with Crippen LogP contribution in [0.25, 0.3) is 0 Å². The predicted octanol–water partition coefficient (Wildman–Crippen LogP) is 2.78. The minimum Gasteiger partial charge on any atom is -0.344 e. The van der Waals surface area contributed by atoms with E-state index in [0.717, 1.165) is 19.3 Å². The van der Waals surface area contributed by atoms with Crippen molar-refractivity contribution in [3.8, 4) is 11.8 Å². The van der Waals surface area contributed by atoms with Crippen molar-refractivity contribution in [2.75, 3.05) is 19.8 Å². The second kappa shape index (κ2) is 6.39. The Kier molecular flexibility index (Phi) is 4.18. The number of carbonyl (C=O) groups is 2. The zero-order valence-corrected chi connectivity index (χ0v) is 14.8. The molecule has 134 valence electrons. The molecule has 0 radical (unpaired) electrons. The summed E-state index contributed by atoms with van der Waals surface area (Å²) in [5.41, 5.74) is 0.651. The van der Waals surface area contributed by atoms with Crippen molar-refractivity contribution in [3.05, 3.63) is 47.5 Å². The number of hydrogen-bond acceptors (Lipinski definition) is 4. The number of hydrogen-bond donors (Lipinski definition) is 0. The van der Waals surface area contributed by atoms with Crippen LogP contribution in [-0.4, -0.2) is 42.3 Å². The van der Waals surface area contributed by atoms with E-state index >= 15 is 0 Å². The van der Waals surface area contributed by atoms with Crippen LogP contribution >= 0.6 is 0 Å². The molecule has 0 unspecified atom stereocenters. The SMILES string of the molecule is CC[C@]1(C#CCN2C(=O)c3ccccc3C2=O)C=CC2(CC1)OCCO2. The molecule has 0 aromatic heterocycles. The van der Waals surface area contributed by atoms with Gasteiger partial charge in [0, 0.05) is 11.8 Å². The van der Waals surface area contributed by atoms with Crippen molar-refractivity contribution in [3.63, 3.8) is 0 Å². The van der Waals surface area contributed by atoms with Gasteiger partial charge in [-0.25, -0.2) is 0 Å². The molecule has 1 spiro atoms. The molecule has 4 rings (SSSR count). The van der Waals surface area contributed by atoms with E-state index in [0.29, 0.717) is 24.3 Å². The lowest BCUT2D eigenvalue weighted by atomic mass is 9.75. The molecule has 3 aliphatic rings. The minimum atomic E-state index is -0.580. The molecular weight excluding hydrogens is 330 g/mol. The van der Waals surface area contributed by atoms with Gasteiger partial charge in [0.05, 0.1) is 30.9 Å². The molecule has 2 amide bonds. The fraction of sp³-hybridized carbons (Fsp3) is 0.429. The maximum absolute atomic E-state index is 12.4. The zero-order valence-electron chi connectivity index (χ0n) is 14.8. The van der Waals surface area contributed by atoms with E-state index in [4.69, 9.17) is 9.47 Å². The third-order valence-corrected chi connectivity index (χ3v) is 5.44. The Morgan fingerprint density at radius 1 is 1.04 bits per heavy atom. The molecule has 0 N–H and O–H groups in total. The van der Waals surface area contributed by atoms with E-state index in [1.165, 1.54) is 4.90 Å². The van der Waals surface area contributed by atoms with Gasteiger partial charge in [-0.15, -0.1) is 0 Å². The summed E-state index contributed by atoms with van der Waals surface area (Å²) >= 11 is 0. The maximum Gasteiger partial charge on any atom is 0.262 e. The van der Waals surface area contributed by atoms with E-state index in [1.807, 2.05) is 6.08 Å². The van der Waals surface area contributed by atoms with E-state index in [2.05, 4.69) is 24.8 Å². The Hall–Kier alpha value is -2.42. The number of nitrogens with zero attached hydrogens (tertiary/aromatic N) is 1. The number of amides is 2. The Bertz CT molecular complexity index is 806. The predicted molar refractivity (Wildman–Crippen MR) is 95.3 cm³/mol. The molecule has 1 aliphatic carbocycles. The molecule has 1 fully saturated rings. The van der Waals surface area contributed by atoms with Crippen molar-refractivity contribution in [2.24, 2.45) is 5.41 Å². The second-order valence-corrected chi connectivity index (χ2v) is 6.90. The Balaban J connectivity index is 1.50. The fourth-order valence-electron chi connectivity index (χ4n) is 3.73. The van der Waals surface area contributed by atoms with E-state index in [-0.39, 0.29) is 23.8 Å². The van der Waals surface area contributed by atoms with Gasteiger partial charge in [-0.05, 0) is 31.1 Å². The van der Waals surface area contributed by atoms with Gasteiger partial charge in [-0.1, -0.05) is 37.0 Å². The van der Waals surface area contributed by atoms with Crippen LogP contribution in [0, 0.1) is 17.3 Å². The summed E-state index contributed by atoms with van der Waals surface area (Å²) in [6.07, 6.45) is 6.49. The summed E-state index contributed by atoms with van der Waals surface area (Å²) in [4.78, 5) is 26.0. The van der Waals surface area contributed by atoms with Crippen molar-refractivity contribution in [1.29, 1.82) is 0 Å². The van der Waals surface area contributed by atoms with Gasteiger partial charge >= 0.3 is 0 Å². The van der Waals surface area contributed by atoms with Gasteiger partial charge in [0.25, 0.3) is 11.8 Å². The van der Waals surface area contributed by atoms with Crippen LogP contribution in [-0.2, 0) is 9.47 Å². The Morgan fingerprint density at radius 3 is 2.23 bits per heavy atom. The van der Waals surface area contributed by atoms with Gasteiger partial charge in [0.1, 0.15) is 0 Å². The van der Waals surface area contributed by atoms with Crippen molar-refractivity contribution < 1.29 is 19.1 Å². The van der Waals surface area contributed by atoms with Gasteiger partial charge in [-0.2, -0.15) is 0 Å². The summed E-state index contributed by atoms with van der Waals surface area (Å²) in [6.45, 7) is 3.44. The molecule has 2 aliphatic heterocycles. The molecule has 1 aromatic rings. The lowest BCUT2D eigenvalue weighted by Crippen LogP contribution is -2.35. The number of allylic oxidation sites excluding steroid dienone is 1. The molecule has 1 atom stereocenters. The highest BCUT2D eigenvalue weighted by atomic mass is 16.7. The van der Waals surface area contributed by atoms with E-state index < -0.39 is 5.79 Å². The first kappa shape index (κ1) is 17.0. The standard InChI is InChI=1S/C21H21NO4/c1-2-20(9-11-21(12-10-20)25-14-15-26-21)8-5-13-22-18(23)16-6-3-4-7-17(16)19(22)24/h3-4,6-7,9,11H,2,10,12-15H2,1H3/t20-/m0/s1. The highest BCUT2D eigenvalue weighted by molar-refractivity contribution is 6.21. The van der Waals surface area contributed by atoms with Crippen molar-refractivity contribution in [2.45, 2.75) is 32.0 Å². The summed E-state index contributed by atoms with van der Waals surface area (Å²) in [7, 11) is 0. The number of fused-ring (bicyclic) bond motifs is 1. The van der Waals surface area contributed by atoms with Crippen LogP contribution in [0.2, 0.25) is 0 Å².